The van der Waals surface area contributed by atoms with Crippen LogP contribution in [0.3, 0.4) is 0 Å². The van der Waals surface area contributed by atoms with Gasteiger partial charge >= 0.3 is 0 Å². The predicted molar refractivity (Wildman–Crippen MR) is 70.0 cm³/mol. The number of H-pyrrole nitrogens is 1. The number of aromatic nitrogens is 2. The molecule has 2 rings (SSSR count). The van der Waals surface area contributed by atoms with Crippen LogP contribution >= 0.6 is 0 Å². The number of nitrogen functional groups attached to an aromatic ring is 1. The number of nitrogens with two attached hydrogens (primary N) is 2. The molecule has 1 aromatic heterocycles. The Morgan fingerprint density at radius 3 is 2.89 bits per heavy atom. The molecule has 0 spiro atoms. The Balaban J connectivity index is 2.20. The SMILES string of the molecule is Cc1[nH]ncc1CNc1cc(N)ccc1C(N)=O. The van der Waals surface area contributed by atoms with Crippen molar-refractivity contribution in [3.63, 3.8) is 0 Å². The Morgan fingerprint density at radius 2 is 2.28 bits per heavy atom. The van der Waals surface area contributed by atoms with Crippen molar-refractivity contribution >= 4 is 17.3 Å². The number of carbonyl (C=O) groups excluding carboxylic acids is 1. The third-order valence-corrected chi connectivity index (χ3v) is 2.71. The van der Waals surface area contributed by atoms with Crippen LogP contribution in [0.15, 0.2) is 24.4 Å². The largest absolute Gasteiger partial charge is 0.399 e. The average Bonchev–Trinajstić information content (AvgIpc) is 2.72. The topological polar surface area (TPSA) is 110 Å². The fourth-order valence-electron chi connectivity index (χ4n) is 1.67. The van der Waals surface area contributed by atoms with Crippen LogP contribution in [-0.4, -0.2) is 16.1 Å². The van der Waals surface area contributed by atoms with Crippen LogP contribution < -0.4 is 16.8 Å². The lowest BCUT2D eigenvalue weighted by Gasteiger charge is -2.10. The fraction of sp³-hybridized carbons (Fsp3) is 0.167. The number of primary amides is 1. The molecule has 6 N–H and O–H groups in total. The van der Waals surface area contributed by atoms with Crippen LogP contribution in [0.4, 0.5) is 11.4 Å². The summed E-state index contributed by atoms with van der Waals surface area (Å²) in [5.41, 5.74) is 14.6. The van der Waals surface area contributed by atoms with Gasteiger partial charge in [0, 0.05) is 29.2 Å². The first-order valence-electron chi connectivity index (χ1n) is 5.50. The van der Waals surface area contributed by atoms with E-state index in [9.17, 15) is 4.79 Å². The molecule has 0 saturated heterocycles. The molecule has 0 radical (unpaired) electrons. The summed E-state index contributed by atoms with van der Waals surface area (Å²) < 4.78 is 0. The standard InChI is InChI=1S/C12H15N5O/c1-7-8(6-16-17-7)5-15-11-4-9(13)2-3-10(11)12(14)18/h2-4,6,15H,5,13H2,1H3,(H2,14,18)(H,16,17). The number of aromatic amines is 1. The third-order valence-electron chi connectivity index (χ3n) is 2.71. The third kappa shape index (κ3) is 2.42. The normalized spacial score (nSPS) is 10.3. The van der Waals surface area contributed by atoms with Crippen LogP contribution in [0.25, 0.3) is 0 Å². The van der Waals surface area contributed by atoms with Crippen molar-refractivity contribution in [3.05, 3.63) is 41.2 Å². The van der Waals surface area contributed by atoms with Crippen molar-refractivity contribution in [2.45, 2.75) is 13.5 Å². The summed E-state index contributed by atoms with van der Waals surface area (Å²) in [5.74, 6) is -0.485. The maximum absolute atomic E-state index is 11.3. The molecule has 1 aromatic carbocycles. The second kappa shape index (κ2) is 4.79. The summed E-state index contributed by atoms with van der Waals surface area (Å²) in [5, 5.41) is 9.91. The second-order valence-corrected chi connectivity index (χ2v) is 4.04. The summed E-state index contributed by atoms with van der Waals surface area (Å²) >= 11 is 0. The van der Waals surface area contributed by atoms with E-state index in [0.29, 0.717) is 23.5 Å². The summed E-state index contributed by atoms with van der Waals surface area (Å²) in [6.45, 7) is 2.48. The summed E-state index contributed by atoms with van der Waals surface area (Å²) in [7, 11) is 0. The van der Waals surface area contributed by atoms with Crippen LogP contribution in [0.1, 0.15) is 21.6 Å². The first-order valence-corrected chi connectivity index (χ1v) is 5.50. The zero-order valence-corrected chi connectivity index (χ0v) is 10.0. The van der Waals surface area contributed by atoms with Gasteiger partial charge in [0.25, 0.3) is 5.91 Å². The van der Waals surface area contributed by atoms with Gasteiger partial charge in [0.15, 0.2) is 0 Å². The number of nitrogens with zero attached hydrogens (tertiary/aromatic N) is 1. The highest BCUT2D eigenvalue weighted by atomic mass is 16.1. The van der Waals surface area contributed by atoms with Gasteiger partial charge in [-0.15, -0.1) is 0 Å². The van der Waals surface area contributed by atoms with E-state index in [2.05, 4.69) is 15.5 Å². The Hall–Kier alpha value is -2.50. The number of carbonyl (C=O) groups is 1. The molecule has 1 amide bonds. The fourth-order valence-corrected chi connectivity index (χ4v) is 1.67. The number of aryl methyl sites for hydroxylation is 1. The van der Waals surface area contributed by atoms with Crippen LogP contribution in [0.2, 0.25) is 0 Å². The Labute approximate surface area is 104 Å². The lowest BCUT2D eigenvalue weighted by atomic mass is 10.1. The van der Waals surface area contributed by atoms with E-state index in [0.717, 1.165) is 11.3 Å². The first kappa shape index (κ1) is 12.0. The predicted octanol–water partition coefficient (Wildman–Crippen LogP) is 1.01. The monoisotopic (exact) mass is 245 g/mol. The molecule has 0 aliphatic carbocycles. The maximum atomic E-state index is 11.3. The summed E-state index contributed by atoms with van der Waals surface area (Å²) in [6, 6.07) is 4.95. The van der Waals surface area contributed by atoms with Gasteiger partial charge in [-0.1, -0.05) is 0 Å². The number of amides is 1. The molecule has 0 bridgehead atoms. The number of hydrogen-bond donors (Lipinski definition) is 4. The Kier molecular flexibility index (Phi) is 3.18. The van der Waals surface area contributed by atoms with Gasteiger partial charge < -0.3 is 16.8 Å². The Bertz CT molecular complexity index is 576. The van der Waals surface area contributed by atoms with Crippen LogP contribution in [-0.2, 0) is 6.54 Å². The van der Waals surface area contributed by atoms with E-state index in [1.807, 2.05) is 6.92 Å². The van der Waals surface area contributed by atoms with Crippen LogP contribution in [0.5, 0.6) is 0 Å². The van der Waals surface area contributed by atoms with Gasteiger partial charge in [-0.2, -0.15) is 5.10 Å². The van der Waals surface area contributed by atoms with Crippen molar-refractivity contribution in [2.24, 2.45) is 5.73 Å². The number of benzene rings is 1. The van der Waals surface area contributed by atoms with E-state index < -0.39 is 5.91 Å². The molecule has 0 atom stereocenters. The van der Waals surface area contributed by atoms with E-state index in [-0.39, 0.29) is 0 Å². The molecule has 94 valence electrons. The molecular formula is C12H15N5O. The summed E-state index contributed by atoms with van der Waals surface area (Å²) in [6.07, 6.45) is 1.73. The van der Waals surface area contributed by atoms with Gasteiger partial charge in [-0.3, -0.25) is 9.89 Å². The summed E-state index contributed by atoms with van der Waals surface area (Å²) in [4.78, 5) is 11.3. The van der Waals surface area contributed by atoms with Gasteiger partial charge in [-0.05, 0) is 25.1 Å². The van der Waals surface area contributed by atoms with E-state index in [1.165, 1.54) is 0 Å². The van der Waals surface area contributed by atoms with Crippen LogP contribution in [0, 0.1) is 6.92 Å². The average molecular weight is 245 g/mol. The first-order chi connectivity index (χ1) is 8.58. The van der Waals surface area contributed by atoms with E-state index >= 15 is 0 Å². The zero-order valence-electron chi connectivity index (χ0n) is 10.0. The molecule has 6 heteroatoms. The van der Waals surface area contributed by atoms with Gasteiger partial charge in [0.2, 0.25) is 0 Å². The molecule has 0 unspecified atom stereocenters. The molecule has 18 heavy (non-hydrogen) atoms. The quantitative estimate of drug-likeness (QED) is 0.602. The second-order valence-electron chi connectivity index (χ2n) is 4.04. The number of nitrogens with one attached hydrogen (secondary N) is 2. The molecular weight excluding hydrogens is 230 g/mol. The molecule has 0 saturated carbocycles. The highest BCUT2D eigenvalue weighted by Gasteiger charge is 2.09. The number of rotatable bonds is 4. The molecule has 2 aromatic rings. The van der Waals surface area contributed by atoms with Crippen molar-refractivity contribution in [1.29, 1.82) is 0 Å². The van der Waals surface area contributed by atoms with E-state index in [4.69, 9.17) is 11.5 Å². The molecule has 0 fully saturated rings. The number of hydrogen-bond acceptors (Lipinski definition) is 4. The highest BCUT2D eigenvalue weighted by molar-refractivity contribution is 5.99. The molecule has 0 aliphatic heterocycles. The highest BCUT2D eigenvalue weighted by Crippen LogP contribution is 2.20. The minimum Gasteiger partial charge on any atom is -0.399 e. The molecule has 6 nitrogen and oxygen atoms in total. The van der Waals surface area contributed by atoms with Crippen molar-refractivity contribution in [1.82, 2.24) is 10.2 Å². The minimum atomic E-state index is -0.485. The Morgan fingerprint density at radius 1 is 1.50 bits per heavy atom. The van der Waals surface area contributed by atoms with E-state index in [1.54, 1.807) is 24.4 Å². The lowest BCUT2D eigenvalue weighted by Crippen LogP contribution is -2.14. The van der Waals surface area contributed by atoms with Crippen molar-refractivity contribution < 1.29 is 4.79 Å². The molecule has 0 aliphatic rings. The van der Waals surface area contributed by atoms with Gasteiger partial charge in [0.1, 0.15) is 0 Å². The van der Waals surface area contributed by atoms with Crippen molar-refractivity contribution in [3.8, 4) is 0 Å². The minimum absolute atomic E-state index is 0.422. The molecule has 1 heterocycles. The maximum Gasteiger partial charge on any atom is 0.250 e. The smallest absolute Gasteiger partial charge is 0.250 e. The van der Waals surface area contributed by atoms with Gasteiger partial charge in [0.05, 0.1) is 11.8 Å². The van der Waals surface area contributed by atoms with Gasteiger partial charge in [-0.25, -0.2) is 0 Å². The zero-order chi connectivity index (χ0) is 13.1. The number of anilines is 2. The lowest BCUT2D eigenvalue weighted by molar-refractivity contribution is 0.100. The van der Waals surface area contributed by atoms with Crippen molar-refractivity contribution in [2.75, 3.05) is 11.1 Å².